The molecule has 0 fully saturated rings. The van der Waals surface area contributed by atoms with Crippen LogP contribution in [0, 0.1) is 11.8 Å². The zero-order valence-corrected chi connectivity index (χ0v) is 23.4. The van der Waals surface area contributed by atoms with Gasteiger partial charge in [0.2, 0.25) is 0 Å². The molecule has 0 amide bonds. The molecule has 0 saturated carbocycles. The lowest BCUT2D eigenvalue weighted by atomic mass is 9.93. The second-order valence-corrected chi connectivity index (χ2v) is 9.35. The topological polar surface area (TPSA) is 156 Å². The number of aromatic carboxylic acids is 2. The van der Waals surface area contributed by atoms with Gasteiger partial charge in [-0.3, -0.25) is 0 Å². The third-order valence-corrected chi connectivity index (χ3v) is 5.49. The number of hydrogen-bond donors (Lipinski definition) is 6. The van der Waals surface area contributed by atoms with E-state index in [2.05, 4.69) is 13.8 Å². The fraction of sp³-hybridized carbons (Fsp3) is 0.533. The highest BCUT2D eigenvalue weighted by molar-refractivity contribution is 5.87. The van der Waals surface area contributed by atoms with E-state index in [-0.39, 0.29) is 18.1 Å². The van der Waals surface area contributed by atoms with Crippen molar-refractivity contribution >= 4 is 11.9 Å². The van der Waals surface area contributed by atoms with Crippen molar-refractivity contribution in [3.05, 3.63) is 71.8 Å². The number of aliphatic hydroxyl groups excluding tert-OH is 3. The van der Waals surface area contributed by atoms with Crippen molar-refractivity contribution in [2.75, 3.05) is 0 Å². The molecule has 0 bridgehead atoms. The fourth-order valence-corrected chi connectivity index (χ4v) is 3.17. The lowest BCUT2D eigenvalue weighted by Gasteiger charge is -2.17. The van der Waals surface area contributed by atoms with Gasteiger partial charge in [0.1, 0.15) is 0 Å². The highest BCUT2D eigenvalue weighted by Gasteiger charge is 2.13. The predicted octanol–water partition coefficient (Wildman–Crippen LogP) is 5.45. The first kappa shape index (κ1) is 37.4. The van der Waals surface area contributed by atoms with E-state index in [4.69, 9.17) is 30.6 Å². The molecule has 2 rings (SSSR count). The van der Waals surface area contributed by atoms with Crippen LogP contribution >= 0.6 is 0 Å². The Balaban J connectivity index is 0. The average molecular weight is 537 g/mol. The molecule has 38 heavy (non-hydrogen) atoms. The molecule has 0 aliphatic rings. The smallest absolute Gasteiger partial charge is 0.335 e. The first-order chi connectivity index (χ1) is 17.8. The summed E-state index contributed by atoms with van der Waals surface area (Å²) < 4.78 is 0. The maximum atomic E-state index is 10.2. The summed E-state index contributed by atoms with van der Waals surface area (Å²) in [6.07, 6.45) is 3.83. The van der Waals surface area contributed by atoms with Crippen LogP contribution in [-0.4, -0.2) is 61.1 Å². The van der Waals surface area contributed by atoms with Gasteiger partial charge in [-0.05, 0) is 62.8 Å². The highest BCUT2D eigenvalue weighted by atomic mass is 16.5. The largest absolute Gasteiger partial charge is 0.478 e. The van der Waals surface area contributed by atoms with E-state index in [1.54, 1.807) is 67.6 Å². The van der Waals surface area contributed by atoms with E-state index >= 15 is 0 Å². The van der Waals surface area contributed by atoms with Gasteiger partial charge in [0, 0.05) is 5.92 Å². The molecular weight excluding hydrogens is 488 g/mol. The molecule has 6 N–H and O–H groups in total. The molecule has 2 aromatic carbocycles. The maximum absolute atomic E-state index is 10.2. The van der Waals surface area contributed by atoms with Gasteiger partial charge in [0.25, 0.3) is 0 Å². The van der Waals surface area contributed by atoms with Crippen molar-refractivity contribution in [2.45, 2.75) is 91.6 Å². The first-order valence-corrected chi connectivity index (χ1v) is 13.1. The molecule has 4 atom stereocenters. The fourth-order valence-electron chi connectivity index (χ4n) is 3.17. The standard InChI is InChI=1S/C9H20O2.2C7H6O2.C7H16O2/c1-4-5-7(2)6-8(3)9(10)11;2*8-7(9)6-4-2-1-3-5-6;1-3-7(9)5-4-6(2)8/h7-11H,4-6H2,1-3H3;2*1-5H,(H,8,9);6-9H,3-5H2,1-2H3. The molecule has 0 heterocycles. The Hall–Kier alpha value is -2.78. The molecule has 4 unspecified atom stereocenters. The van der Waals surface area contributed by atoms with Gasteiger partial charge >= 0.3 is 11.9 Å². The van der Waals surface area contributed by atoms with Crippen LogP contribution in [-0.2, 0) is 0 Å². The number of carbonyl (C=O) groups is 2. The second kappa shape index (κ2) is 23.3. The van der Waals surface area contributed by atoms with Gasteiger partial charge in [-0.1, -0.05) is 76.9 Å². The van der Waals surface area contributed by atoms with Gasteiger partial charge in [-0.2, -0.15) is 0 Å². The number of aliphatic hydroxyl groups is 4. The number of carboxylic acid groups (broad SMARTS) is 2. The SMILES string of the molecule is CCC(O)CCC(C)O.CCCC(C)CC(C)C(O)O.O=C(O)c1ccccc1.O=C(O)c1ccccc1. The van der Waals surface area contributed by atoms with E-state index in [0.29, 0.717) is 29.9 Å². The molecule has 8 nitrogen and oxygen atoms in total. The van der Waals surface area contributed by atoms with E-state index in [1.807, 2.05) is 13.8 Å². The van der Waals surface area contributed by atoms with Crippen molar-refractivity contribution in [1.82, 2.24) is 0 Å². The Labute approximate surface area is 227 Å². The molecule has 0 aliphatic carbocycles. The summed E-state index contributed by atoms with van der Waals surface area (Å²) in [4.78, 5) is 20.4. The Morgan fingerprint density at radius 2 is 1.11 bits per heavy atom. The second-order valence-electron chi connectivity index (χ2n) is 9.35. The summed E-state index contributed by atoms with van der Waals surface area (Å²) in [5.41, 5.74) is 0.662. The molecule has 2 aromatic rings. The minimum atomic E-state index is -1.14. The molecule has 0 radical (unpaired) electrons. The van der Waals surface area contributed by atoms with Crippen LogP contribution in [0.1, 0.15) is 93.9 Å². The summed E-state index contributed by atoms with van der Waals surface area (Å²) >= 11 is 0. The summed E-state index contributed by atoms with van der Waals surface area (Å²) in [5.74, 6) is -1.14. The van der Waals surface area contributed by atoms with Crippen molar-refractivity contribution in [3.8, 4) is 0 Å². The van der Waals surface area contributed by atoms with Crippen molar-refractivity contribution in [2.24, 2.45) is 11.8 Å². The Morgan fingerprint density at radius 3 is 1.37 bits per heavy atom. The van der Waals surface area contributed by atoms with Gasteiger partial charge in [-0.15, -0.1) is 0 Å². The number of rotatable bonds is 11. The summed E-state index contributed by atoms with van der Waals surface area (Å²) in [7, 11) is 0. The van der Waals surface area contributed by atoms with Crippen LogP contribution < -0.4 is 0 Å². The van der Waals surface area contributed by atoms with Crippen LogP contribution in [0.5, 0.6) is 0 Å². The molecule has 8 heteroatoms. The highest BCUT2D eigenvalue weighted by Crippen LogP contribution is 2.18. The van der Waals surface area contributed by atoms with Gasteiger partial charge in [0.05, 0.1) is 23.3 Å². The minimum absolute atomic E-state index is 0.0107. The lowest BCUT2D eigenvalue weighted by molar-refractivity contribution is -0.0837. The molecule has 0 saturated heterocycles. The quantitative estimate of drug-likeness (QED) is 0.207. The van der Waals surface area contributed by atoms with Gasteiger partial charge in [0.15, 0.2) is 6.29 Å². The van der Waals surface area contributed by atoms with Crippen molar-refractivity contribution in [1.29, 1.82) is 0 Å². The number of benzene rings is 2. The zero-order valence-electron chi connectivity index (χ0n) is 23.4. The lowest BCUT2D eigenvalue weighted by Crippen LogP contribution is -2.18. The zero-order chi connectivity index (χ0) is 29.5. The van der Waals surface area contributed by atoms with Crippen LogP contribution in [0.15, 0.2) is 60.7 Å². The number of hydrogen-bond acceptors (Lipinski definition) is 6. The van der Waals surface area contributed by atoms with Gasteiger partial charge in [-0.25, -0.2) is 9.59 Å². The molecule has 0 aromatic heterocycles. The minimum Gasteiger partial charge on any atom is -0.478 e. The van der Waals surface area contributed by atoms with E-state index < -0.39 is 18.2 Å². The third-order valence-electron chi connectivity index (χ3n) is 5.49. The van der Waals surface area contributed by atoms with Crippen LogP contribution in [0.4, 0.5) is 0 Å². The average Bonchev–Trinajstić information content (AvgIpc) is 2.89. The monoisotopic (exact) mass is 536 g/mol. The Morgan fingerprint density at radius 1 is 0.684 bits per heavy atom. The van der Waals surface area contributed by atoms with Crippen LogP contribution in [0.3, 0.4) is 0 Å². The van der Waals surface area contributed by atoms with E-state index in [9.17, 15) is 9.59 Å². The van der Waals surface area contributed by atoms with Crippen LogP contribution in [0.25, 0.3) is 0 Å². The van der Waals surface area contributed by atoms with Crippen LogP contribution in [0.2, 0.25) is 0 Å². The third kappa shape index (κ3) is 22.4. The maximum Gasteiger partial charge on any atom is 0.335 e. The van der Waals surface area contributed by atoms with Gasteiger partial charge < -0.3 is 30.6 Å². The molecule has 0 aliphatic heterocycles. The normalized spacial score (nSPS) is 13.2. The van der Waals surface area contributed by atoms with E-state index in [0.717, 1.165) is 12.8 Å². The first-order valence-electron chi connectivity index (χ1n) is 13.1. The van der Waals surface area contributed by atoms with E-state index in [1.165, 1.54) is 12.8 Å². The van der Waals surface area contributed by atoms with Crippen molar-refractivity contribution in [3.63, 3.8) is 0 Å². The summed E-state index contributed by atoms with van der Waals surface area (Å²) in [6, 6.07) is 16.6. The molecular formula is C30H48O8. The molecule has 216 valence electrons. The predicted molar refractivity (Wildman–Crippen MR) is 150 cm³/mol. The molecule has 0 spiro atoms. The van der Waals surface area contributed by atoms with Crippen molar-refractivity contribution < 1.29 is 40.2 Å². The number of carboxylic acids is 2. The summed E-state index contributed by atoms with van der Waals surface area (Å²) in [6.45, 7) is 9.85. The summed E-state index contributed by atoms with van der Waals surface area (Å²) in [5, 5.41) is 52.1. The Bertz CT molecular complexity index is 775. The Kier molecular flexibility index (Phi) is 23.0.